The molecule has 16 nitrogen and oxygen atoms in total. The van der Waals surface area contributed by atoms with Crippen LogP contribution >= 0.6 is 0 Å². The van der Waals surface area contributed by atoms with Crippen LogP contribution in [0, 0.1) is 23.5 Å². The molecule has 4 aliphatic rings. The van der Waals surface area contributed by atoms with Gasteiger partial charge in [-0.15, -0.1) is 0 Å². The van der Waals surface area contributed by atoms with Crippen molar-refractivity contribution in [1.29, 1.82) is 0 Å². The predicted molar refractivity (Wildman–Crippen MR) is 305 cm³/mol. The van der Waals surface area contributed by atoms with Gasteiger partial charge >= 0.3 is 12.2 Å². The van der Waals surface area contributed by atoms with E-state index in [0.717, 1.165) is 58.3 Å². The summed E-state index contributed by atoms with van der Waals surface area (Å²) in [5.41, 5.74) is 6.53. The molecule has 0 unspecified atom stereocenters. The molecular formula is C60H76F2N10O6Si. The zero-order valence-corrected chi connectivity index (χ0v) is 48.0. The second kappa shape index (κ2) is 22.3. The molecular weight excluding hydrogens is 1020 g/mol. The number of aromatic nitrogens is 4. The second-order valence-electron chi connectivity index (χ2n) is 24.0. The highest BCUT2D eigenvalue weighted by Gasteiger charge is 2.42. The van der Waals surface area contributed by atoms with Crippen molar-refractivity contribution >= 4 is 70.7 Å². The Morgan fingerprint density at radius 3 is 1.73 bits per heavy atom. The summed E-state index contributed by atoms with van der Waals surface area (Å²) in [5, 5.41) is 14.0. The van der Waals surface area contributed by atoms with Gasteiger partial charge in [-0.2, -0.15) is 0 Å². The molecule has 6 heterocycles. The van der Waals surface area contributed by atoms with Crippen LogP contribution in [-0.2, 0) is 14.3 Å². The highest BCUT2D eigenvalue weighted by molar-refractivity contribution is 6.88. The topological polar surface area (TPSA) is 183 Å². The summed E-state index contributed by atoms with van der Waals surface area (Å²) < 4.78 is 38.9. The lowest BCUT2D eigenvalue weighted by atomic mass is 9.89. The Morgan fingerprint density at radius 1 is 0.696 bits per heavy atom. The quantitative estimate of drug-likeness (QED) is 0.0766. The van der Waals surface area contributed by atoms with Gasteiger partial charge in [0.05, 0.1) is 61.4 Å². The Hall–Kier alpha value is -7.02. The van der Waals surface area contributed by atoms with Crippen LogP contribution in [0.15, 0.2) is 72.8 Å². The van der Waals surface area contributed by atoms with Gasteiger partial charge in [-0.25, -0.2) is 28.3 Å². The molecule has 4 aliphatic heterocycles. The fraction of sp³-hybridized carbons (Fsp3) is 0.500. The van der Waals surface area contributed by atoms with Crippen LogP contribution < -0.4 is 20.3 Å². The summed E-state index contributed by atoms with van der Waals surface area (Å²) in [6, 6.07) is 21.0. The van der Waals surface area contributed by atoms with Gasteiger partial charge in [0.1, 0.15) is 29.4 Å². The van der Waals surface area contributed by atoms with Gasteiger partial charge in [0.15, 0.2) is 11.6 Å². The molecule has 0 bridgehead atoms. The van der Waals surface area contributed by atoms with E-state index in [1.807, 2.05) is 56.9 Å². The number of carbonyl (C=O) groups excluding carboxylic acids is 3. The molecule has 0 radical (unpaired) electrons. The summed E-state index contributed by atoms with van der Waals surface area (Å²) in [5.74, 6) is -0.509. The number of nitrogens with zero attached hydrogens (tertiary/aromatic N) is 7. The van der Waals surface area contributed by atoms with Crippen molar-refractivity contribution in [2.75, 3.05) is 50.1 Å². The minimum absolute atomic E-state index is 0.00264. The van der Waals surface area contributed by atoms with E-state index in [-0.39, 0.29) is 53.5 Å². The number of H-pyrrole nitrogens is 2. The van der Waals surface area contributed by atoms with Crippen LogP contribution in [0.4, 0.5) is 29.7 Å². The zero-order chi connectivity index (χ0) is 56.2. The molecule has 19 heteroatoms. The Morgan fingerprint density at radius 2 is 1.24 bits per heavy atom. The van der Waals surface area contributed by atoms with Crippen LogP contribution in [-0.4, -0.2) is 124 Å². The normalized spacial score (nSPS) is 21.0. The maximum absolute atomic E-state index is 17.0. The van der Waals surface area contributed by atoms with Crippen LogP contribution in [0.5, 0.6) is 0 Å². The van der Waals surface area contributed by atoms with Crippen molar-refractivity contribution in [3.63, 3.8) is 0 Å². The van der Waals surface area contributed by atoms with Gasteiger partial charge in [-0.1, -0.05) is 88.9 Å². The summed E-state index contributed by atoms with van der Waals surface area (Å²) in [6.45, 7) is 16.6. The first-order valence-corrected chi connectivity index (χ1v) is 31.7. The van der Waals surface area contributed by atoms with E-state index in [9.17, 15) is 24.3 Å². The molecule has 6 aromatic rings. The molecule has 420 valence electrons. The van der Waals surface area contributed by atoms with Crippen molar-refractivity contribution in [2.24, 2.45) is 11.8 Å². The van der Waals surface area contributed by atoms with E-state index in [4.69, 9.17) is 14.7 Å². The molecule has 4 aromatic carbocycles. The second-order valence-corrected chi connectivity index (χ2v) is 29.1. The average Bonchev–Trinajstić information content (AvgIpc) is 4.39. The molecule has 6 atom stereocenters. The number of hydrogen-bond donors (Lipinski definition) is 4. The number of anilines is 2. The fourth-order valence-electron chi connectivity index (χ4n) is 13.0. The number of benzene rings is 4. The molecule has 0 saturated carbocycles. The van der Waals surface area contributed by atoms with Gasteiger partial charge < -0.3 is 44.7 Å². The predicted octanol–water partition coefficient (Wildman–Crippen LogP) is 11.1. The number of likely N-dealkylation sites (N-methyl/N-ethyl adjacent to an activating group) is 1. The van der Waals surface area contributed by atoms with Crippen molar-refractivity contribution in [3.05, 3.63) is 113 Å². The third-order valence-corrected chi connectivity index (χ3v) is 19.3. The lowest BCUT2D eigenvalue weighted by Gasteiger charge is -2.36. The van der Waals surface area contributed by atoms with Gasteiger partial charge in [-0.05, 0) is 122 Å². The van der Waals surface area contributed by atoms with E-state index < -0.39 is 44.0 Å². The fourth-order valence-corrected chi connectivity index (χ4v) is 14.2. The first-order chi connectivity index (χ1) is 37.7. The highest BCUT2D eigenvalue weighted by Crippen LogP contribution is 2.49. The number of methoxy groups -OCH3 is 1. The lowest BCUT2D eigenvalue weighted by molar-refractivity contribution is -0.138. The van der Waals surface area contributed by atoms with Crippen molar-refractivity contribution in [3.8, 4) is 0 Å². The Labute approximate surface area is 462 Å². The molecule has 2 aromatic heterocycles. The Kier molecular flexibility index (Phi) is 15.6. The smallest absolute Gasteiger partial charge is 0.407 e. The number of likely N-dealkylation sites (tertiary alicyclic amines) is 2. The minimum Gasteiger partial charge on any atom is -0.465 e. The molecule has 79 heavy (non-hydrogen) atoms. The first-order valence-electron chi connectivity index (χ1n) is 28.2. The van der Waals surface area contributed by atoms with E-state index in [1.165, 1.54) is 37.0 Å². The molecule has 4 N–H and O–H groups in total. The molecule has 4 saturated heterocycles. The number of rotatable bonds is 14. The first kappa shape index (κ1) is 55.3. The molecule has 0 spiro atoms. The highest BCUT2D eigenvalue weighted by atomic mass is 28.3. The number of halogens is 2. The molecule has 10 rings (SSSR count). The number of fused-ring (bicyclic) bond motifs is 2. The summed E-state index contributed by atoms with van der Waals surface area (Å²) in [7, 11) is 1.19. The van der Waals surface area contributed by atoms with Gasteiger partial charge in [0, 0.05) is 38.9 Å². The summed E-state index contributed by atoms with van der Waals surface area (Å²) >= 11 is 0. The number of aromatic amines is 2. The van der Waals surface area contributed by atoms with E-state index in [2.05, 4.69) is 76.2 Å². The van der Waals surface area contributed by atoms with Crippen LogP contribution in [0.25, 0.3) is 22.1 Å². The molecule has 4 fully saturated rings. The number of amides is 4. The maximum Gasteiger partial charge on any atom is 0.407 e. The van der Waals surface area contributed by atoms with Gasteiger partial charge in [-0.3, -0.25) is 14.5 Å². The van der Waals surface area contributed by atoms with Gasteiger partial charge in [0.2, 0.25) is 11.8 Å². The number of alkyl carbamates (subject to hydrolysis) is 1. The molecule has 4 amide bonds. The maximum atomic E-state index is 17.0. The monoisotopic (exact) mass is 1100 g/mol. The van der Waals surface area contributed by atoms with Crippen molar-refractivity contribution in [1.82, 2.24) is 40.0 Å². The Balaban J connectivity index is 0.966. The number of piperidine rings is 1. The number of hydrogen-bond acceptors (Lipinski definition) is 9. The zero-order valence-electron chi connectivity index (χ0n) is 47.0. The largest absolute Gasteiger partial charge is 0.465 e. The number of imidazole rings is 2. The lowest BCUT2D eigenvalue weighted by Crippen LogP contribution is -2.51. The third kappa shape index (κ3) is 10.9. The van der Waals surface area contributed by atoms with E-state index >= 15 is 8.78 Å². The SMILES string of the molecule is COC(=O)N[C@H](C(=O)N1CCC[C@H]1c1nc2ccc([C@H]3CC[C@H](c4ccc5nc([C@@H]6CCCN6C(=O)[C@H](C(C)C)N(C)C(=O)O)[nH]c5c4)N3c3cc(F)c(N4CCC(c5cccc([Si](C)(C)C)c5)CC4)c(F)c3)cc2[nH]1)C(C)C. The van der Waals surface area contributed by atoms with Crippen LogP contribution in [0.1, 0.15) is 137 Å². The van der Waals surface area contributed by atoms with Gasteiger partial charge in [0.25, 0.3) is 0 Å². The van der Waals surface area contributed by atoms with Crippen LogP contribution in [0.2, 0.25) is 19.6 Å². The number of carbonyl (C=O) groups is 4. The van der Waals surface area contributed by atoms with Crippen molar-refractivity contribution < 1.29 is 37.8 Å². The molecule has 0 aliphatic carbocycles. The van der Waals surface area contributed by atoms with Crippen molar-refractivity contribution in [2.45, 2.75) is 141 Å². The Bertz CT molecular complexity index is 3240. The number of carboxylic acid groups (broad SMARTS) is 1. The van der Waals surface area contributed by atoms with E-state index in [1.54, 1.807) is 9.80 Å². The average molecular weight is 1100 g/mol. The third-order valence-electron chi connectivity index (χ3n) is 17.2. The van der Waals surface area contributed by atoms with Crippen LogP contribution in [0.3, 0.4) is 0 Å². The number of nitrogens with one attached hydrogen (secondary N) is 3. The summed E-state index contributed by atoms with van der Waals surface area (Å²) in [4.78, 5) is 78.1. The number of ether oxygens (including phenoxy) is 1. The minimum atomic E-state index is -1.52. The van der Waals surface area contributed by atoms with E-state index in [0.29, 0.717) is 80.6 Å². The standard InChI is InChI=1S/C60H76F2N10O6Si/c1-34(2)52(67-59(75)78-6)57(73)70-25-11-15-50(70)55-63-44-19-17-38(30-46(44)65-55)48-21-22-49(39-18-20-45-47(31-39)66-56(64-45)51-16-12-26-71(51)58(74)53(35(3)4)68(5)60(76)77)72(48)40-32-42(61)54(43(62)33-40)69-27-23-36(24-28-69)37-13-10-14-41(29-37)79(7,8)9/h10,13-14,17-20,29-36,48-53H,11-12,15-16,21-28H2,1-9H3,(H,63,65)(H,64,66)(H,67,75)(H,76,77)/t48-,49-,50+,51+,52+,53+/m1/s1. The summed E-state index contributed by atoms with van der Waals surface area (Å²) in [6.07, 6.45) is 3.95.